The van der Waals surface area contributed by atoms with Crippen LogP contribution in [-0.4, -0.2) is 16.3 Å². The summed E-state index contributed by atoms with van der Waals surface area (Å²) in [5.41, 5.74) is 9.10. The monoisotopic (exact) mass is 387 g/mol. The van der Waals surface area contributed by atoms with Crippen LogP contribution in [0.15, 0.2) is 109 Å². The second kappa shape index (κ2) is 10.2. The van der Waals surface area contributed by atoms with Crippen molar-refractivity contribution in [2.75, 3.05) is 4.90 Å². The van der Waals surface area contributed by atoms with Crippen molar-refractivity contribution in [3.8, 4) is 0 Å². The molecule has 29 heavy (non-hydrogen) atoms. The Bertz CT molecular complexity index is 911. The predicted molar refractivity (Wildman–Crippen MR) is 121 cm³/mol. The zero-order valence-corrected chi connectivity index (χ0v) is 15.8. The molecule has 2 unspecified atom stereocenters. The van der Waals surface area contributed by atoms with Gasteiger partial charge in [-0.1, -0.05) is 87.3 Å². The molecule has 0 radical (unpaired) electrons. The maximum absolute atomic E-state index is 11.3. The molecule has 1 aromatic heterocycles. The number of anilines is 1. The molecule has 0 bridgehead atoms. The van der Waals surface area contributed by atoms with Crippen LogP contribution >= 0.6 is 0 Å². The second-order valence-electron chi connectivity index (χ2n) is 6.67. The summed E-state index contributed by atoms with van der Waals surface area (Å²) in [7, 11) is 0. The van der Waals surface area contributed by atoms with Gasteiger partial charge in [-0.2, -0.15) is 0 Å². The fraction of sp³-hybridized carbons (Fsp3) is 0.160. The van der Waals surface area contributed by atoms with E-state index in [9.17, 15) is 5.11 Å². The molecule has 0 fully saturated rings. The molecule has 3 rings (SSSR count). The molecule has 1 heterocycles. The Morgan fingerprint density at radius 2 is 1.52 bits per heavy atom. The van der Waals surface area contributed by atoms with Crippen LogP contribution in [0.1, 0.15) is 24.5 Å². The summed E-state index contributed by atoms with van der Waals surface area (Å²) < 4.78 is 0. The van der Waals surface area contributed by atoms with E-state index in [2.05, 4.69) is 18.1 Å². The lowest BCUT2D eigenvalue weighted by Crippen LogP contribution is -2.38. The van der Waals surface area contributed by atoms with E-state index in [4.69, 9.17) is 5.73 Å². The number of nitrogens with zero attached hydrogens (tertiary/aromatic N) is 2. The molecular formula is C25H29N3O. The summed E-state index contributed by atoms with van der Waals surface area (Å²) in [5.74, 6) is 0.299. The minimum atomic E-state index is -0.986. The number of hydrogen-bond acceptors (Lipinski definition) is 4. The first kappa shape index (κ1) is 21.9. The number of aliphatic hydroxyl groups excluding tert-OH is 1. The highest BCUT2D eigenvalue weighted by Crippen LogP contribution is 2.32. The lowest BCUT2D eigenvalue weighted by molar-refractivity contribution is 0.196. The van der Waals surface area contributed by atoms with Crippen LogP contribution in [0.5, 0.6) is 0 Å². The number of aliphatic hydroxyl groups is 1. The summed E-state index contributed by atoms with van der Waals surface area (Å²) >= 11 is 0. The third-order valence-electron chi connectivity index (χ3n) is 4.64. The first-order valence-electron chi connectivity index (χ1n) is 9.15. The van der Waals surface area contributed by atoms with Crippen molar-refractivity contribution in [2.45, 2.75) is 26.1 Å². The average Bonchev–Trinajstić information content (AvgIpc) is 2.73. The standard InChI is InChI=1S/C24H25N3O.CH4/c1-18(23(19(2)25)21-13-7-4-8-14-21)24(28)27(22-15-9-10-16-26-22)17-20-11-5-3-6-12-20;/h3-16,23-24,28H,1-2,17,25H2;1H4. The molecule has 0 aliphatic heterocycles. The van der Waals surface area contributed by atoms with Gasteiger partial charge in [-0.15, -0.1) is 0 Å². The normalized spacial score (nSPS) is 12.3. The molecule has 2 aromatic carbocycles. The molecular weight excluding hydrogens is 358 g/mol. The van der Waals surface area contributed by atoms with Crippen molar-refractivity contribution in [3.63, 3.8) is 0 Å². The van der Waals surface area contributed by atoms with Crippen molar-refractivity contribution in [1.29, 1.82) is 0 Å². The van der Waals surface area contributed by atoms with E-state index in [0.717, 1.165) is 11.1 Å². The van der Waals surface area contributed by atoms with Gasteiger partial charge in [-0.25, -0.2) is 4.98 Å². The quantitative estimate of drug-likeness (QED) is 0.428. The number of benzene rings is 2. The van der Waals surface area contributed by atoms with Gasteiger partial charge in [0, 0.05) is 24.4 Å². The van der Waals surface area contributed by atoms with E-state index in [1.807, 2.05) is 83.8 Å². The van der Waals surface area contributed by atoms with Gasteiger partial charge < -0.3 is 15.7 Å². The molecule has 0 saturated heterocycles. The van der Waals surface area contributed by atoms with Crippen LogP contribution in [0.4, 0.5) is 5.82 Å². The molecule has 2 atom stereocenters. The Hall–Kier alpha value is -3.37. The van der Waals surface area contributed by atoms with E-state index in [1.54, 1.807) is 6.20 Å². The number of nitrogens with two attached hydrogens (primary N) is 1. The Morgan fingerprint density at radius 1 is 0.931 bits per heavy atom. The summed E-state index contributed by atoms with van der Waals surface area (Å²) in [6.45, 7) is 8.59. The van der Waals surface area contributed by atoms with Gasteiger partial charge in [0.15, 0.2) is 6.23 Å². The van der Waals surface area contributed by atoms with Crippen molar-refractivity contribution in [3.05, 3.63) is 121 Å². The summed E-state index contributed by atoms with van der Waals surface area (Å²) in [4.78, 5) is 6.24. The number of rotatable bonds is 8. The van der Waals surface area contributed by atoms with Crippen molar-refractivity contribution < 1.29 is 5.11 Å². The smallest absolute Gasteiger partial charge is 0.151 e. The van der Waals surface area contributed by atoms with Crippen molar-refractivity contribution >= 4 is 5.82 Å². The fourth-order valence-corrected chi connectivity index (χ4v) is 3.26. The molecule has 0 aliphatic carbocycles. The molecule has 3 N–H and O–H groups in total. The number of aromatic nitrogens is 1. The van der Waals surface area contributed by atoms with Gasteiger partial charge in [0.2, 0.25) is 0 Å². The highest BCUT2D eigenvalue weighted by molar-refractivity contribution is 5.46. The van der Waals surface area contributed by atoms with Crippen LogP contribution in [0.25, 0.3) is 0 Å². The van der Waals surface area contributed by atoms with Crippen LogP contribution in [0.2, 0.25) is 0 Å². The van der Waals surface area contributed by atoms with Gasteiger partial charge in [-0.3, -0.25) is 0 Å². The predicted octanol–water partition coefficient (Wildman–Crippen LogP) is 4.86. The van der Waals surface area contributed by atoms with Gasteiger partial charge in [0.25, 0.3) is 0 Å². The number of hydrogen-bond donors (Lipinski definition) is 2. The molecule has 0 amide bonds. The van der Waals surface area contributed by atoms with E-state index in [-0.39, 0.29) is 13.3 Å². The Balaban J connectivity index is 0.00000300. The van der Waals surface area contributed by atoms with Gasteiger partial charge in [-0.05, 0) is 28.8 Å². The lowest BCUT2D eigenvalue weighted by atomic mass is 9.88. The third kappa shape index (κ3) is 5.33. The zero-order chi connectivity index (χ0) is 19.9. The minimum absolute atomic E-state index is 0. The SMILES string of the molecule is C.C=C(N)C(C(=C)C(O)N(Cc1ccccc1)c1ccccn1)c1ccccc1. The number of pyridine rings is 1. The first-order valence-corrected chi connectivity index (χ1v) is 9.15. The third-order valence-corrected chi connectivity index (χ3v) is 4.64. The minimum Gasteiger partial charge on any atom is -0.402 e. The van der Waals surface area contributed by atoms with Gasteiger partial charge in [0.05, 0.1) is 0 Å². The van der Waals surface area contributed by atoms with E-state index < -0.39 is 6.23 Å². The average molecular weight is 388 g/mol. The molecule has 0 spiro atoms. The number of allylic oxidation sites excluding steroid dienone is 1. The van der Waals surface area contributed by atoms with Crippen LogP contribution in [0.3, 0.4) is 0 Å². The maximum Gasteiger partial charge on any atom is 0.151 e. The van der Waals surface area contributed by atoms with E-state index in [0.29, 0.717) is 23.6 Å². The van der Waals surface area contributed by atoms with E-state index >= 15 is 0 Å². The lowest BCUT2D eigenvalue weighted by Gasteiger charge is -2.33. The zero-order valence-electron chi connectivity index (χ0n) is 15.8. The molecule has 0 aliphatic rings. The molecule has 4 heteroatoms. The van der Waals surface area contributed by atoms with Crippen LogP contribution in [-0.2, 0) is 6.54 Å². The van der Waals surface area contributed by atoms with Gasteiger partial charge in [0.1, 0.15) is 5.82 Å². The summed E-state index contributed by atoms with van der Waals surface area (Å²) in [6, 6.07) is 25.3. The van der Waals surface area contributed by atoms with Crippen LogP contribution in [0, 0.1) is 0 Å². The molecule has 4 nitrogen and oxygen atoms in total. The Kier molecular flexibility index (Phi) is 7.75. The van der Waals surface area contributed by atoms with Crippen molar-refractivity contribution in [2.24, 2.45) is 5.73 Å². The largest absolute Gasteiger partial charge is 0.402 e. The first-order chi connectivity index (χ1) is 13.6. The maximum atomic E-state index is 11.3. The van der Waals surface area contributed by atoms with E-state index in [1.165, 1.54) is 0 Å². The topological polar surface area (TPSA) is 62.4 Å². The molecule has 3 aromatic rings. The highest BCUT2D eigenvalue weighted by Gasteiger charge is 2.28. The molecule has 150 valence electrons. The Labute approximate surface area is 173 Å². The highest BCUT2D eigenvalue weighted by atomic mass is 16.3. The summed E-state index contributed by atoms with van der Waals surface area (Å²) in [6.07, 6.45) is 0.722. The molecule has 0 saturated carbocycles. The van der Waals surface area contributed by atoms with Crippen molar-refractivity contribution in [1.82, 2.24) is 4.98 Å². The fourth-order valence-electron chi connectivity index (χ4n) is 3.26. The summed E-state index contributed by atoms with van der Waals surface area (Å²) in [5, 5.41) is 11.3. The van der Waals surface area contributed by atoms with Crippen LogP contribution < -0.4 is 10.6 Å². The second-order valence-corrected chi connectivity index (χ2v) is 6.67. The van der Waals surface area contributed by atoms with Gasteiger partial charge >= 0.3 is 0 Å². The Morgan fingerprint density at radius 3 is 2.07 bits per heavy atom.